The van der Waals surface area contributed by atoms with Crippen LogP contribution in [0, 0.1) is 5.92 Å². The summed E-state index contributed by atoms with van der Waals surface area (Å²) in [7, 11) is 0. The fourth-order valence-corrected chi connectivity index (χ4v) is 2.76. The first-order chi connectivity index (χ1) is 6.67. The third-order valence-electron chi connectivity index (χ3n) is 2.78. The summed E-state index contributed by atoms with van der Waals surface area (Å²) in [6, 6.07) is 0. The molecule has 0 spiro atoms. The van der Waals surface area contributed by atoms with Crippen LogP contribution in [-0.4, -0.2) is 30.0 Å². The van der Waals surface area contributed by atoms with E-state index in [2.05, 4.69) is 12.2 Å². The molecule has 0 aromatic heterocycles. The highest BCUT2D eigenvalue weighted by atomic mass is 32.2. The van der Waals surface area contributed by atoms with Crippen LogP contribution in [0.3, 0.4) is 0 Å². The Labute approximate surface area is 90.2 Å². The Hall–Kier alpha value is -0.220. The molecule has 1 rings (SSSR count). The van der Waals surface area contributed by atoms with Crippen LogP contribution >= 0.6 is 11.8 Å². The highest BCUT2D eigenvalue weighted by Gasteiger charge is 2.48. The van der Waals surface area contributed by atoms with E-state index in [0.29, 0.717) is 5.92 Å². The van der Waals surface area contributed by atoms with E-state index in [-0.39, 0.29) is 5.91 Å². The van der Waals surface area contributed by atoms with Gasteiger partial charge in [-0.3, -0.25) is 4.79 Å². The van der Waals surface area contributed by atoms with Gasteiger partial charge in [-0.25, -0.2) is 0 Å². The Bertz CT molecular complexity index is 206. The van der Waals surface area contributed by atoms with Crippen LogP contribution in [0.2, 0.25) is 0 Å². The first kappa shape index (κ1) is 11.9. The summed E-state index contributed by atoms with van der Waals surface area (Å²) >= 11 is 1.69. The van der Waals surface area contributed by atoms with Gasteiger partial charge in [0.2, 0.25) is 5.91 Å². The van der Waals surface area contributed by atoms with Gasteiger partial charge in [0.25, 0.3) is 0 Å². The van der Waals surface area contributed by atoms with Crippen molar-refractivity contribution in [2.45, 2.75) is 31.7 Å². The van der Waals surface area contributed by atoms with E-state index in [1.807, 2.05) is 6.26 Å². The molecular weight excluding hydrogens is 196 g/mol. The molecule has 14 heavy (non-hydrogen) atoms. The van der Waals surface area contributed by atoms with Crippen LogP contribution in [0.15, 0.2) is 0 Å². The summed E-state index contributed by atoms with van der Waals surface area (Å²) in [6.45, 7) is 2.98. The summed E-state index contributed by atoms with van der Waals surface area (Å²) in [6.07, 6.45) is 5.34. The molecule has 0 radical (unpaired) electrons. The van der Waals surface area contributed by atoms with Crippen LogP contribution in [0.1, 0.15) is 26.2 Å². The number of nitrogens with two attached hydrogens (primary N) is 1. The van der Waals surface area contributed by atoms with E-state index < -0.39 is 5.54 Å². The Balaban J connectivity index is 2.67. The second-order valence-electron chi connectivity index (χ2n) is 3.97. The fourth-order valence-electron chi connectivity index (χ4n) is 1.82. The van der Waals surface area contributed by atoms with Crippen molar-refractivity contribution in [3.8, 4) is 0 Å². The quantitative estimate of drug-likeness (QED) is 0.667. The van der Waals surface area contributed by atoms with Crippen molar-refractivity contribution in [1.82, 2.24) is 5.32 Å². The molecule has 1 unspecified atom stereocenters. The maximum atomic E-state index is 11.5. The average molecular weight is 216 g/mol. The zero-order valence-corrected chi connectivity index (χ0v) is 9.82. The highest BCUT2D eigenvalue weighted by Crippen LogP contribution is 2.41. The molecular formula is C10H20N2OS. The van der Waals surface area contributed by atoms with Gasteiger partial charge in [0, 0.05) is 5.75 Å². The van der Waals surface area contributed by atoms with Crippen LogP contribution in [0.4, 0.5) is 0 Å². The van der Waals surface area contributed by atoms with Gasteiger partial charge in [0.1, 0.15) is 5.54 Å². The summed E-state index contributed by atoms with van der Waals surface area (Å²) in [5, 5.41) is 3.35. The molecule has 0 bridgehead atoms. The minimum absolute atomic E-state index is 0.178. The lowest BCUT2D eigenvalue weighted by Gasteiger charge is -2.31. The average Bonchev–Trinajstić information content (AvgIpc) is 2.95. The molecule has 1 fully saturated rings. The molecule has 0 aliphatic heterocycles. The summed E-state index contributed by atoms with van der Waals surface area (Å²) in [4.78, 5) is 11.5. The van der Waals surface area contributed by atoms with Gasteiger partial charge in [-0.05, 0) is 38.0 Å². The fraction of sp³-hybridized carbons (Fsp3) is 0.900. The van der Waals surface area contributed by atoms with Crippen LogP contribution in [0.25, 0.3) is 0 Å². The Morgan fingerprint density at radius 1 is 1.64 bits per heavy atom. The molecule has 3 N–H and O–H groups in total. The number of primary amides is 1. The third-order valence-corrected chi connectivity index (χ3v) is 3.52. The maximum absolute atomic E-state index is 11.5. The van der Waals surface area contributed by atoms with Crippen molar-refractivity contribution in [2.75, 3.05) is 18.6 Å². The lowest BCUT2D eigenvalue weighted by atomic mass is 9.94. The molecule has 4 heteroatoms. The molecule has 0 heterocycles. The first-order valence-electron chi connectivity index (χ1n) is 5.21. The van der Waals surface area contributed by atoms with Gasteiger partial charge in [-0.1, -0.05) is 6.92 Å². The molecule has 1 aliphatic rings. The Morgan fingerprint density at radius 3 is 2.64 bits per heavy atom. The SMILES string of the molecule is CCCNC(CSC)(C(N)=O)C1CC1. The molecule has 3 nitrogen and oxygen atoms in total. The number of rotatable bonds is 7. The number of hydrogen-bond donors (Lipinski definition) is 2. The minimum atomic E-state index is -0.435. The largest absolute Gasteiger partial charge is 0.368 e. The monoisotopic (exact) mass is 216 g/mol. The van der Waals surface area contributed by atoms with E-state index in [1.54, 1.807) is 11.8 Å². The highest BCUT2D eigenvalue weighted by molar-refractivity contribution is 7.98. The summed E-state index contributed by atoms with van der Waals surface area (Å²) in [5.74, 6) is 1.09. The van der Waals surface area contributed by atoms with Crippen molar-refractivity contribution in [3.63, 3.8) is 0 Å². The molecule has 1 amide bonds. The maximum Gasteiger partial charge on any atom is 0.238 e. The Kier molecular flexibility index (Phi) is 4.26. The summed E-state index contributed by atoms with van der Waals surface area (Å²) in [5.41, 5.74) is 5.09. The number of thioether (sulfide) groups is 1. The molecule has 0 saturated heterocycles. The molecule has 82 valence electrons. The van der Waals surface area contributed by atoms with E-state index in [9.17, 15) is 4.79 Å². The van der Waals surface area contributed by atoms with Crippen LogP contribution in [-0.2, 0) is 4.79 Å². The lowest BCUT2D eigenvalue weighted by Crippen LogP contribution is -2.59. The zero-order chi connectivity index (χ0) is 10.6. The van der Waals surface area contributed by atoms with Gasteiger partial charge in [0.15, 0.2) is 0 Å². The molecule has 1 aliphatic carbocycles. The van der Waals surface area contributed by atoms with E-state index in [0.717, 1.165) is 31.6 Å². The van der Waals surface area contributed by atoms with E-state index >= 15 is 0 Å². The number of amides is 1. The lowest BCUT2D eigenvalue weighted by molar-refractivity contribution is -0.124. The van der Waals surface area contributed by atoms with Gasteiger partial charge >= 0.3 is 0 Å². The summed E-state index contributed by atoms with van der Waals surface area (Å²) < 4.78 is 0. The topological polar surface area (TPSA) is 55.1 Å². The molecule has 0 aromatic carbocycles. The number of carbonyl (C=O) groups excluding carboxylic acids is 1. The van der Waals surface area contributed by atoms with Crippen molar-refractivity contribution < 1.29 is 4.79 Å². The number of hydrogen-bond acceptors (Lipinski definition) is 3. The standard InChI is InChI=1S/C10H20N2OS/c1-3-6-12-10(7-14-2,9(11)13)8-4-5-8/h8,12H,3-7H2,1-2H3,(H2,11,13). The van der Waals surface area contributed by atoms with Crippen molar-refractivity contribution in [1.29, 1.82) is 0 Å². The minimum Gasteiger partial charge on any atom is -0.368 e. The predicted molar refractivity (Wildman–Crippen MR) is 61.3 cm³/mol. The predicted octanol–water partition coefficient (Wildman–Crippen LogP) is 0.983. The van der Waals surface area contributed by atoms with Crippen molar-refractivity contribution in [2.24, 2.45) is 11.7 Å². The molecule has 1 saturated carbocycles. The normalized spacial score (nSPS) is 20.4. The van der Waals surface area contributed by atoms with Crippen LogP contribution < -0.4 is 11.1 Å². The van der Waals surface area contributed by atoms with Crippen molar-refractivity contribution in [3.05, 3.63) is 0 Å². The molecule has 1 atom stereocenters. The van der Waals surface area contributed by atoms with E-state index in [4.69, 9.17) is 5.73 Å². The first-order valence-corrected chi connectivity index (χ1v) is 6.60. The van der Waals surface area contributed by atoms with E-state index in [1.165, 1.54) is 0 Å². The zero-order valence-electron chi connectivity index (χ0n) is 9.01. The van der Waals surface area contributed by atoms with Gasteiger partial charge < -0.3 is 11.1 Å². The second kappa shape index (κ2) is 5.03. The smallest absolute Gasteiger partial charge is 0.238 e. The van der Waals surface area contributed by atoms with Gasteiger partial charge in [-0.2, -0.15) is 11.8 Å². The van der Waals surface area contributed by atoms with Crippen molar-refractivity contribution >= 4 is 17.7 Å². The molecule has 0 aromatic rings. The number of carbonyl (C=O) groups is 1. The third kappa shape index (κ3) is 2.42. The van der Waals surface area contributed by atoms with Gasteiger partial charge in [-0.15, -0.1) is 0 Å². The second-order valence-corrected chi connectivity index (χ2v) is 4.84. The van der Waals surface area contributed by atoms with Gasteiger partial charge in [0.05, 0.1) is 0 Å². The Morgan fingerprint density at radius 2 is 2.29 bits per heavy atom. The number of nitrogens with one attached hydrogen (secondary N) is 1. The van der Waals surface area contributed by atoms with Crippen LogP contribution in [0.5, 0.6) is 0 Å².